The molecule has 0 aromatic heterocycles. The Hall–Kier alpha value is -1.67. The third kappa shape index (κ3) is 1.65. The van der Waals surface area contributed by atoms with Gasteiger partial charge in [-0.15, -0.1) is 0 Å². The van der Waals surface area contributed by atoms with Gasteiger partial charge in [0.1, 0.15) is 0 Å². The van der Waals surface area contributed by atoms with Gasteiger partial charge in [-0.1, -0.05) is 35.9 Å². The van der Waals surface area contributed by atoms with Crippen molar-refractivity contribution in [2.75, 3.05) is 17.2 Å². The Morgan fingerprint density at radius 1 is 1.06 bits per heavy atom. The number of nitrogens with two attached hydrogens (primary N) is 1. The van der Waals surface area contributed by atoms with Crippen molar-refractivity contribution < 1.29 is 0 Å². The first-order chi connectivity index (χ1) is 8.27. The molecule has 1 heterocycles. The van der Waals surface area contributed by atoms with Crippen LogP contribution in [0.15, 0.2) is 42.5 Å². The summed E-state index contributed by atoms with van der Waals surface area (Å²) >= 11 is 6.25. The standard InChI is InChI=1S/C14H13ClN2/c15-11-5-3-6-12(16)14(11)17-9-8-10-4-1-2-7-13(10)17/h1-7H,8-9,16H2. The molecule has 17 heavy (non-hydrogen) atoms. The first kappa shape index (κ1) is 10.5. The number of nitrogens with zero attached hydrogens (tertiary/aromatic N) is 1. The van der Waals surface area contributed by atoms with E-state index in [0.29, 0.717) is 5.02 Å². The van der Waals surface area contributed by atoms with Gasteiger partial charge in [-0.3, -0.25) is 0 Å². The molecule has 0 unspecified atom stereocenters. The summed E-state index contributed by atoms with van der Waals surface area (Å²) in [4.78, 5) is 2.20. The summed E-state index contributed by atoms with van der Waals surface area (Å²) in [7, 11) is 0. The normalized spacial score (nSPS) is 13.8. The van der Waals surface area contributed by atoms with Crippen molar-refractivity contribution in [1.82, 2.24) is 0 Å². The number of rotatable bonds is 1. The molecule has 86 valence electrons. The summed E-state index contributed by atoms with van der Waals surface area (Å²) in [6.45, 7) is 0.938. The van der Waals surface area contributed by atoms with Gasteiger partial charge in [0.25, 0.3) is 0 Å². The lowest BCUT2D eigenvalue weighted by molar-refractivity contribution is 1.000. The molecular formula is C14H13ClN2. The number of benzene rings is 2. The van der Waals surface area contributed by atoms with E-state index < -0.39 is 0 Å². The molecule has 1 aliphatic rings. The lowest BCUT2D eigenvalue weighted by Crippen LogP contribution is -2.15. The molecule has 0 atom stereocenters. The van der Waals surface area contributed by atoms with Gasteiger partial charge in [0.2, 0.25) is 0 Å². The average molecular weight is 245 g/mol. The zero-order chi connectivity index (χ0) is 11.8. The van der Waals surface area contributed by atoms with E-state index >= 15 is 0 Å². The molecule has 3 heteroatoms. The highest BCUT2D eigenvalue weighted by atomic mass is 35.5. The predicted molar refractivity (Wildman–Crippen MR) is 73.0 cm³/mol. The molecule has 2 N–H and O–H groups in total. The molecule has 0 fully saturated rings. The molecule has 0 saturated heterocycles. The van der Waals surface area contributed by atoms with E-state index in [-0.39, 0.29) is 0 Å². The maximum Gasteiger partial charge on any atom is 0.0833 e. The molecule has 0 spiro atoms. The highest BCUT2D eigenvalue weighted by Gasteiger charge is 2.22. The molecule has 0 amide bonds. The van der Waals surface area contributed by atoms with Crippen molar-refractivity contribution in [2.24, 2.45) is 0 Å². The van der Waals surface area contributed by atoms with Crippen LogP contribution in [0.25, 0.3) is 0 Å². The Balaban J connectivity index is 2.13. The van der Waals surface area contributed by atoms with Crippen LogP contribution in [0, 0.1) is 0 Å². The topological polar surface area (TPSA) is 29.3 Å². The molecule has 3 rings (SSSR count). The number of nitrogen functional groups attached to an aromatic ring is 1. The minimum Gasteiger partial charge on any atom is -0.397 e. The van der Waals surface area contributed by atoms with Crippen molar-refractivity contribution in [3.8, 4) is 0 Å². The Labute approximate surface area is 106 Å². The summed E-state index contributed by atoms with van der Waals surface area (Å²) in [5.74, 6) is 0. The maximum atomic E-state index is 6.25. The third-order valence-corrected chi connectivity index (χ3v) is 3.48. The van der Waals surface area contributed by atoms with E-state index in [1.165, 1.54) is 11.3 Å². The second-order valence-corrected chi connectivity index (χ2v) is 4.62. The van der Waals surface area contributed by atoms with Gasteiger partial charge < -0.3 is 10.6 Å². The maximum absolute atomic E-state index is 6.25. The number of para-hydroxylation sites is 2. The van der Waals surface area contributed by atoms with Gasteiger partial charge in [0.05, 0.1) is 16.4 Å². The molecule has 2 nitrogen and oxygen atoms in total. The number of hydrogen-bond donors (Lipinski definition) is 1. The first-order valence-corrected chi connectivity index (χ1v) is 6.04. The van der Waals surface area contributed by atoms with Crippen molar-refractivity contribution >= 4 is 28.7 Å². The van der Waals surface area contributed by atoms with Crippen LogP contribution < -0.4 is 10.6 Å². The summed E-state index contributed by atoms with van der Waals surface area (Å²) in [6.07, 6.45) is 1.04. The highest BCUT2D eigenvalue weighted by molar-refractivity contribution is 6.34. The highest BCUT2D eigenvalue weighted by Crippen LogP contribution is 2.41. The van der Waals surface area contributed by atoms with E-state index in [0.717, 1.165) is 24.3 Å². The average Bonchev–Trinajstić information content (AvgIpc) is 2.73. The van der Waals surface area contributed by atoms with Crippen molar-refractivity contribution in [2.45, 2.75) is 6.42 Å². The zero-order valence-electron chi connectivity index (χ0n) is 9.36. The fraction of sp³-hybridized carbons (Fsp3) is 0.143. The molecule has 2 aromatic carbocycles. The van der Waals surface area contributed by atoms with Crippen molar-refractivity contribution in [3.63, 3.8) is 0 Å². The van der Waals surface area contributed by atoms with Gasteiger partial charge >= 0.3 is 0 Å². The van der Waals surface area contributed by atoms with E-state index in [1.54, 1.807) is 0 Å². The summed E-state index contributed by atoms with van der Waals surface area (Å²) in [5.41, 5.74) is 10.3. The van der Waals surface area contributed by atoms with Gasteiger partial charge in [0, 0.05) is 12.2 Å². The van der Waals surface area contributed by atoms with Crippen LogP contribution in [0.2, 0.25) is 5.02 Å². The molecule has 0 aliphatic carbocycles. The molecule has 0 saturated carbocycles. The fourth-order valence-corrected chi connectivity index (χ4v) is 2.67. The summed E-state index contributed by atoms with van der Waals surface area (Å²) < 4.78 is 0. The molecule has 1 aliphatic heterocycles. The number of halogens is 1. The van der Waals surface area contributed by atoms with Crippen molar-refractivity contribution in [1.29, 1.82) is 0 Å². The largest absolute Gasteiger partial charge is 0.397 e. The number of fused-ring (bicyclic) bond motifs is 1. The monoisotopic (exact) mass is 244 g/mol. The minimum absolute atomic E-state index is 0.710. The van der Waals surface area contributed by atoms with Crippen LogP contribution in [0.1, 0.15) is 5.56 Å². The second kappa shape index (κ2) is 3.97. The Kier molecular flexibility index (Phi) is 2.45. The van der Waals surface area contributed by atoms with Gasteiger partial charge in [-0.25, -0.2) is 0 Å². The SMILES string of the molecule is Nc1cccc(Cl)c1N1CCc2ccccc21. The van der Waals surface area contributed by atoms with E-state index in [1.807, 2.05) is 24.3 Å². The third-order valence-electron chi connectivity index (χ3n) is 3.18. The molecular weight excluding hydrogens is 232 g/mol. The second-order valence-electron chi connectivity index (χ2n) is 4.21. The van der Waals surface area contributed by atoms with Crippen LogP contribution in [0.5, 0.6) is 0 Å². The lowest BCUT2D eigenvalue weighted by atomic mass is 10.2. The predicted octanol–water partition coefficient (Wildman–Crippen LogP) is 3.62. The molecule has 0 radical (unpaired) electrons. The molecule has 2 aromatic rings. The number of anilines is 3. The fourth-order valence-electron chi connectivity index (χ4n) is 2.39. The van der Waals surface area contributed by atoms with E-state index in [9.17, 15) is 0 Å². The van der Waals surface area contributed by atoms with Crippen LogP contribution >= 0.6 is 11.6 Å². The summed E-state index contributed by atoms with van der Waals surface area (Å²) in [5, 5.41) is 0.710. The Morgan fingerprint density at radius 3 is 2.71 bits per heavy atom. The number of hydrogen-bond acceptors (Lipinski definition) is 2. The van der Waals surface area contributed by atoms with E-state index in [4.69, 9.17) is 17.3 Å². The Bertz CT molecular complexity index is 546. The quantitative estimate of drug-likeness (QED) is 0.777. The van der Waals surface area contributed by atoms with Crippen LogP contribution in [0.3, 0.4) is 0 Å². The van der Waals surface area contributed by atoms with E-state index in [2.05, 4.69) is 23.1 Å². The lowest BCUT2D eigenvalue weighted by Gasteiger charge is -2.22. The van der Waals surface area contributed by atoms with Gasteiger partial charge in [0.15, 0.2) is 0 Å². The Morgan fingerprint density at radius 2 is 1.88 bits per heavy atom. The van der Waals surface area contributed by atoms with Crippen LogP contribution in [-0.4, -0.2) is 6.54 Å². The summed E-state index contributed by atoms with van der Waals surface area (Å²) in [6, 6.07) is 14.0. The zero-order valence-corrected chi connectivity index (χ0v) is 10.1. The van der Waals surface area contributed by atoms with Gasteiger partial charge in [-0.2, -0.15) is 0 Å². The van der Waals surface area contributed by atoms with Gasteiger partial charge in [-0.05, 0) is 30.2 Å². The van der Waals surface area contributed by atoms with Crippen LogP contribution in [0.4, 0.5) is 17.1 Å². The van der Waals surface area contributed by atoms with Crippen molar-refractivity contribution in [3.05, 3.63) is 53.1 Å². The smallest absolute Gasteiger partial charge is 0.0833 e. The first-order valence-electron chi connectivity index (χ1n) is 5.67. The minimum atomic E-state index is 0.710. The molecule has 0 bridgehead atoms. The van der Waals surface area contributed by atoms with Crippen LogP contribution in [-0.2, 0) is 6.42 Å².